The molecule has 8 heteroatoms. The number of ether oxygens (including phenoxy) is 2. The molecule has 0 atom stereocenters. The van der Waals surface area contributed by atoms with Gasteiger partial charge in [0.1, 0.15) is 12.1 Å². The van der Waals surface area contributed by atoms with E-state index in [4.69, 9.17) is 9.47 Å². The summed E-state index contributed by atoms with van der Waals surface area (Å²) in [6.07, 6.45) is 3.26. The first kappa shape index (κ1) is 19.3. The Kier molecular flexibility index (Phi) is 5.75. The average Bonchev–Trinajstić information content (AvgIpc) is 3.33. The lowest BCUT2D eigenvalue weighted by molar-refractivity contribution is 0.0781. The topological polar surface area (TPSA) is 88.6 Å². The summed E-state index contributed by atoms with van der Waals surface area (Å²) in [6.45, 7) is 0.738. The van der Waals surface area contributed by atoms with Gasteiger partial charge in [0, 0.05) is 24.5 Å². The van der Waals surface area contributed by atoms with Gasteiger partial charge in [0.2, 0.25) is 18.6 Å². The Morgan fingerprint density at radius 2 is 1.90 bits per heavy atom. The van der Waals surface area contributed by atoms with Crippen LogP contribution in [0.5, 0.6) is 0 Å². The SMILES string of the molecule is CNC(=O)c1ccc(Nc2nccc(N(Cc3ccccc3)C3=COCO3)n2)cc1. The molecule has 1 aliphatic heterocycles. The number of hydrogen-bond acceptors (Lipinski definition) is 7. The summed E-state index contributed by atoms with van der Waals surface area (Å²) in [5, 5.41) is 5.77. The molecule has 152 valence electrons. The van der Waals surface area contributed by atoms with Crippen LogP contribution in [0.4, 0.5) is 17.5 Å². The average molecular weight is 403 g/mol. The third kappa shape index (κ3) is 4.49. The van der Waals surface area contributed by atoms with E-state index in [0.29, 0.717) is 29.8 Å². The second kappa shape index (κ2) is 8.95. The molecule has 0 radical (unpaired) electrons. The van der Waals surface area contributed by atoms with Crippen LogP contribution in [0.25, 0.3) is 0 Å². The quantitative estimate of drug-likeness (QED) is 0.625. The van der Waals surface area contributed by atoms with Crippen molar-refractivity contribution >= 4 is 23.4 Å². The van der Waals surface area contributed by atoms with Gasteiger partial charge < -0.3 is 20.1 Å². The van der Waals surface area contributed by atoms with Crippen molar-refractivity contribution in [2.24, 2.45) is 0 Å². The second-order valence-electron chi connectivity index (χ2n) is 6.48. The number of aromatic nitrogens is 2. The fraction of sp³-hybridized carbons (Fsp3) is 0.136. The van der Waals surface area contributed by atoms with Gasteiger partial charge in [-0.1, -0.05) is 30.3 Å². The molecule has 1 aliphatic rings. The maximum atomic E-state index is 11.7. The van der Waals surface area contributed by atoms with Gasteiger partial charge >= 0.3 is 0 Å². The van der Waals surface area contributed by atoms with E-state index in [1.54, 1.807) is 43.8 Å². The van der Waals surface area contributed by atoms with Crippen LogP contribution in [0.15, 0.2) is 79.0 Å². The van der Waals surface area contributed by atoms with Gasteiger partial charge in [0.25, 0.3) is 5.91 Å². The summed E-state index contributed by atoms with van der Waals surface area (Å²) < 4.78 is 10.8. The monoisotopic (exact) mass is 403 g/mol. The van der Waals surface area contributed by atoms with Crippen LogP contribution in [-0.2, 0) is 16.0 Å². The van der Waals surface area contributed by atoms with Crippen molar-refractivity contribution < 1.29 is 14.3 Å². The maximum Gasteiger partial charge on any atom is 0.251 e. The van der Waals surface area contributed by atoms with Gasteiger partial charge in [-0.25, -0.2) is 4.98 Å². The molecule has 30 heavy (non-hydrogen) atoms. The number of nitrogens with one attached hydrogen (secondary N) is 2. The molecule has 1 aromatic heterocycles. The fourth-order valence-electron chi connectivity index (χ4n) is 2.95. The normalized spacial score (nSPS) is 12.4. The Morgan fingerprint density at radius 1 is 1.10 bits per heavy atom. The van der Waals surface area contributed by atoms with E-state index >= 15 is 0 Å². The number of rotatable bonds is 7. The molecule has 0 saturated heterocycles. The largest absolute Gasteiger partial charge is 0.459 e. The van der Waals surface area contributed by atoms with Gasteiger partial charge in [-0.15, -0.1) is 0 Å². The third-order valence-corrected chi connectivity index (χ3v) is 4.46. The van der Waals surface area contributed by atoms with Crippen LogP contribution in [-0.4, -0.2) is 29.7 Å². The minimum atomic E-state index is -0.136. The van der Waals surface area contributed by atoms with Crippen molar-refractivity contribution in [3.8, 4) is 0 Å². The highest BCUT2D eigenvalue weighted by atomic mass is 16.7. The summed E-state index contributed by atoms with van der Waals surface area (Å²) >= 11 is 0. The highest BCUT2D eigenvalue weighted by molar-refractivity contribution is 5.94. The van der Waals surface area contributed by atoms with E-state index in [0.717, 1.165) is 11.3 Å². The predicted octanol–water partition coefficient (Wildman–Crippen LogP) is 3.39. The maximum absolute atomic E-state index is 11.7. The number of amides is 1. The van der Waals surface area contributed by atoms with E-state index in [1.165, 1.54) is 0 Å². The van der Waals surface area contributed by atoms with Crippen molar-refractivity contribution in [2.45, 2.75) is 6.54 Å². The molecule has 2 N–H and O–H groups in total. The van der Waals surface area contributed by atoms with Crippen LogP contribution < -0.4 is 15.5 Å². The van der Waals surface area contributed by atoms with Gasteiger partial charge in [-0.05, 0) is 35.9 Å². The summed E-state index contributed by atoms with van der Waals surface area (Å²) in [5.74, 6) is 1.54. The highest BCUT2D eigenvalue weighted by Crippen LogP contribution is 2.25. The molecule has 0 fully saturated rings. The van der Waals surface area contributed by atoms with Gasteiger partial charge in [-0.2, -0.15) is 4.98 Å². The zero-order chi connectivity index (χ0) is 20.8. The Labute approximate surface area is 174 Å². The smallest absolute Gasteiger partial charge is 0.251 e. The third-order valence-electron chi connectivity index (χ3n) is 4.46. The van der Waals surface area contributed by atoms with Crippen LogP contribution in [0, 0.1) is 0 Å². The molecule has 1 amide bonds. The van der Waals surface area contributed by atoms with Crippen molar-refractivity contribution in [2.75, 3.05) is 24.1 Å². The first-order chi connectivity index (χ1) is 14.7. The number of carbonyl (C=O) groups is 1. The Bertz CT molecular complexity index is 1040. The molecule has 4 rings (SSSR count). The van der Waals surface area contributed by atoms with Gasteiger partial charge in [0.05, 0.1) is 6.54 Å². The zero-order valence-electron chi connectivity index (χ0n) is 16.4. The molecule has 0 bridgehead atoms. The summed E-state index contributed by atoms with van der Waals surface area (Å²) in [6, 6.07) is 18.9. The van der Waals surface area contributed by atoms with Crippen LogP contribution >= 0.6 is 0 Å². The van der Waals surface area contributed by atoms with Crippen molar-refractivity contribution in [1.82, 2.24) is 15.3 Å². The Balaban J connectivity index is 1.56. The number of anilines is 3. The minimum Gasteiger partial charge on any atom is -0.459 e. The number of carbonyl (C=O) groups excluding carboxylic acids is 1. The molecular formula is C22H21N5O3. The standard InChI is InChI=1S/C22H21N5O3/c1-23-21(28)17-7-9-18(10-8-17)25-22-24-12-11-19(26-22)27(20-14-29-15-30-20)13-16-5-3-2-4-6-16/h2-12,14H,13,15H2,1H3,(H,23,28)(H,24,25,26). The van der Waals surface area contributed by atoms with Crippen molar-refractivity contribution in [3.63, 3.8) is 0 Å². The number of benzene rings is 2. The molecule has 3 aromatic rings. The molecule has 0 saturated carbocycles. The zero-order valence-corrected chi connectivity index (χ0v) is 16.4. The lowest BCUT2D eigenvalue weighted by Crippen LogP contribution is -2.23. The molecule has 0 aliphatic carbocycles. The first-order valence-corrected chi connectivity index (χ1v) is 9.41. The predicted molar refractivity (Wildman–Crippen MR) is 113 cm³/mol. The van der Waals surface area contributed by atoms with E-state index in [9.17, 15) is 4.79 Å². The lowest BCUT2D eigenvalue weighted by Gasteiger charge is -2.23. The van der Waals surface area contributed by atoms with Gasteiger partial charge in [0.15, 0.2) is 0 Å². The van der Waals surface area contributed by atoms with Crippen LogP contribution in [0.3, 0.4) is 0 Å². The summed E-state index contributed by atoms with van der Waals surface area (Å²) in [7, 11) is 1.60. The number of nitrogens with zero attached hydrogens (tertiary/aromatic N) is 3. The van der Waals surface area contributed by atoms with Crippen LogP contribution in [0.2, 0.25) is 0 Å². The Morgan fingerprint density at radius 3 is 2.60 bits per heavy atom. The summed E-state index contributed by atoms with van der Waals surface area (Å²) in [5.41, 5.74) is 2.46. The van der Waals surface area contributed by atoms with E-state index in [-0.39, 0.29) is 12.7 Å². The highest BCUT2D eigenvalue weighted by Gasteiger charge is 2.20. The fourth-order valence-corrected chi connectivity index (χ4v) is 2.95. The van der Waals surface area contributed by atoms with E-state index < -0.39 is 0 Å². The first-order valence-electron chi connectivity index (χ1n) is 9.41. The minimum absolute atomic E-state index is 0.136. The van der Waals surface area contributed by atoms with E-state index in [2.05, 4.69) is 20.6 Å². The lowest BCUT2D eigenvalue weighted by atomic mass is 10.2. The van der Waals surface area contributed by atoms with Crippen molar-refractivity contribution in [3.05, 3.63) is 90.1 Å². The van der Waals surface area contributed by atoms with E-state index in [1.807, 2.05) is 41.3 Å². The Hall–Kier alpha value is -4.07. The second-order valence-corrected chi connectivity index (χ2v) is 6.48. The van der Waals surface area contributed by atoms with Crippen LogP contribution in [0.1, 0.15) is 15.9 Å². The van der Waals surface area contributed by atoms with Crippen molar-refractivity contribution in [1.29, 1.82) is 0 Å². The summed E-state index contributed by atoms with van der Waals surface area (Å²) in [4.78, 5) is 22.5. The molecule has 0 spiro atoms. The molecule has 0 unspecified atom stereocenters. The molecule has 2 heterocycles. The molecular weight excluding hydrogens is 382 g/mol. The number of hydrogen-bond donors (Lipinski definition) is 2. The molecule has 8 nitrogen and oxygen atoms in total. The van der Waals surface area contributed by atoms with Gasteiger partial charge in [-0.3, -0.25) is 9.69 Å². The molecule has 2 aromatic carbocycles.